The van der Waals surface area contributed by atoms with Crippen LogP contribution in [0, 0.1) is 6.92 Å². The molecule has 4 heteroatoms. The molecule has 2 atom stereocenters. The smallest absolute Gasteiger partial charge is 0.0704 e. The zero-order valence-electron chi connectivity index (χ0n) is 8.20. The summed E-state index contributed by atoms with van der Waals surface area (Å²) in [6, 6.07) is 5.15. The van der Waals surface area contributed by atoms with Crippen LogP contribution in [0.25, 0.3) is 0 Å². The molecule has 0 aliphatic heterocycles. The van der Waals surface area contributed by atoms with Crippen molar-refractivity contribution in [1.29, 1.82) is 0 Å². The first-order valence-electron chi connectivity index (χ1n) is 4.22. The highest BCUT2D eigenvalue weighted by atomic mass is 35.5. The van der Waals surface area contributed by atoms with Crippen LogP contribution in [-0.2, 0) is 0 Å². The minimum Gasteiger partial charge on any atom is -0.391 e. The molecule has 1 aromatic carbocycles. The standard InChI is InChI=1S/C10H14ClNO.ClH/c1-6-5-8(11)3-4-9(6)10(12)7(2)13;/h3-5,7,10,13H,12H2,1-2H3;1H/t7-,10-;/m0./s1. The fraction of sp³-hybridized carbons (Fsp3) is 0.400. The van der Waals surface area contributed by atoms with Crippen molar-refractivity contribution in [2.45, 2.75) is 26.0 Å². The van der Waals surface area contributed by atoms with Crippen molar-refractivity contribution >= 4 is 24.0 Å². The van der Waals surface area contributed by atoms with E-state index in [0.717, 1.165) is 11.1 Å². The van der Waals surface area contributed by atoms with Gasteiger partial charge in [0.25, 0.3) is 0 Å². The molecule has 0 spiro atoms. The first-order valence-corrected chi connectivity index (χ1v) is 4.60. The lowest BCUT2D eigenvalue weighted by atomic mass is 9.99. The second-order valence-electron chi connectivity index (χ2n) is 3.27. The summed E-state index contributed by atoms with van der Waals surface area (Å²) in [7, 11) is 0. The number of hydrogen-bond donors (Lipinski definition) is 2. The fourth-order valence-electron chi connectivity index (χ4n) is 1.27. The zero-order valence-corrected chi connectivity index (χ0v) is 9.77. The molecule has 0 saturated carbocycles. The zero-order chi connectivity index (χ0) is 10.0. The number of halogens is 2. The normalized spacial score (nSPS) is 14.4. The van der Waals surface area contributed by atoms with Gasteiger partial charge in [-0.25, -0.2) is 0 Å². The van der Waals surface area contributed by atoms with Gasteiger partial charge in [0, 0.05) is 5.02 Å². The highest BCUT2D eigenvalue weighted by Crippen LogP contribution is 2.21. The van der Waals surface area contributed by atoms with Crippen molar-refractivity contribution in [3.8, 4) is 0 Å². The first kappa shape index (κ1) is 13.7. The molecule has 1 rings (SSSR count). The summed E-state index contributed by atoms with van der Waals surface area (Å²) in [4.78, 5) is 0. The van der Waals surface area contributed by atoms with Gasteiger partial charge < -0.3 is 10.8 Å². The van der Waals surface area contributed by atoms with Crippen LogP contribution in [0.3, 0.4) is 0 Å². The van der Waals surface area contributed by atoms with Crippen LogP contribution in [0.4, 0.5) is 0 Å². The Kier molecular flexibility index (Phi) is 5.45. The highest BCUT2D eigenvalue weighted by Gasteiger charge is 2.13. The van der Waals surface area contributed by atoms with Crippen molar-refractivity contribution in [3.63, 3.8) is 0 Å². The van der Waals surface area contributed by atoms with E-state index in [0.29, 0.717) is 5.02 Å². The topological polar surface area (TPSA) is 46.2 Å². The average molecular weight is 236 g/mol. The molecule has 0 aliphatic rings. The lowest BCUT2D eigenvalue weighted by Crippen LogP contribution is -2.23. The maximum Gasteiger partial charge on any atom is 0.0704 e. The third kappa shape index (κ3) is 3.14. The maximum absolute atomic E-state index is 9.31. The van der Waals surface area contributed by atoms with E-state index in [-0.39, 0.29) is 18.4 Å². The van der Waals surface area contributed by atoms with Crippen LogP contribution >= 0.6 is 24.0 Å². The number of nitrogens with two attached hydrogens (primary N) is 1. The van der Waals surface area contributed by atoms with E-state index in [4.69, 9.17) is 17.3 Å². The van der Waals surface area contributed by atoms with E-state index < -0.39 is 6.10 Å². The molecular formula is C10H15Cl2NO. The fourth-order valence-corrected chi connectivity index (χ4v) is 1.50. The van der Waals surface area contributed by atoms with E-state index in [9.17, 15) is 5.11 Å². The quantitative estimate of drug-likeness (QED) is 0.828. The van der Waals surface area contributed by atoms with Gasteiger partial charge in [-0.05, 0) is 37.1 Å². The van der Waals surface area contributed by atoms with Crippen LogP contribution in [0.2, 0.25) is 5.02 Å². The van der Waals surface area contributed by atoms with Crippen LogP contribution in [0.5, 0.6) is 0 Å². The van der Waals surface area contributed by atoms with Gasteiger partial charge in [-0.15, -0.1) is 12.4 Å². The molecule has 3 N–H and O–H groups in total. The number of aliphatic hydroxyl groups is 1. The second kappa shape index (κ2) is 5.56. The Morgan fingerprint density at radius 1 is 1.43 bits per heavy atom. The Morgan fingerprint density at radius 2 is 2.00 bits per heavy atom. The van der Waals surface area contributed by atoms with Crippen molar-refractivity contribution < 1.29 is 5.11 Å². The Hall–Kier alpha value is -0.280. The number of aryl methyl sites for hydroxylation is 1. The minimum atomic E-state index is -0.542. The van der Waals surface area contributed by atoms with E-state index in [1.54, 1.807) is 13.0 Å². The predicted octanol–water partition coefficient (Wildman–Crippen LogP) is 2.45. The summed E-state index contributed by atoms with van der Waals surface area (Å²) in [6.07, 6.45) is -0.542. The summed E-state index contributed by atoms with van der Waals surface area (Å²) in [6.45, 7) is 3.61. The number of benzene rings is 1. The SMILES string of the molecule is Cc1cc(Cl)ccc1[C@@H](N)[C@H](C)O.Cl. The highest BCUT2D eigenvalue weighted by molar-refractivity contribution is 6.30. The van der Waals surface area contributed by atoms with Crippen molar-refractivity contribution in [3.05, 3.63) is 34.3 Å². The van der Waals surface area contributed by atoms with Crippen molar-refractivity contribution in [1.82, 2.24) is 0 Å². The molecule has 14 heavy (non-hydrogen) atoms. The van der Waals surface area contributed by atoms with E-state index >= 15 is 0 Å². The third-order valence-electron chi connectivity index (χ3n) is 2.11. The first-order chi connectivity index (χ1) is 6.02. The van der Waals surface area contributed by atoms with Gasteiger partial charge in [-0.1, -0.05) is 17.7 Å². The van der Waals surface area contributed by atoms with Crippen LogP contribution in [-0.4, -0.2) is 11.2 Å². The summed E-state index contributed by atoms with van der Waals surface area (Å²) in [5, 5.41) is 10.0. The predicted molar refractivity (Wildman–Crippen MR) is 62.0 cm³/mol. The summed E-state index contributed by atoms with van der Waals surface area (Å²) in [5.41, 5.74) is 7.75. The summed E-state index contributed by atoms with van der Waals surface area (Å²) < 4.78 is 0. The molecule has 0 saturated heterocycles. The minimum absolute atomic E-state index is 0. The Morgan fingerprint density at radius 3 is 2.43 bits per heavy atom. The lowest BCUT2D eigenvalue weighted by molar-refractivity contribution is 0.164. The summed E-state index contributed by atoms with van der Waals surface area (Å²) in [5.74, 6) is 0. The third-order valence-corrected chi connectivity index (χ3v) is 2.35. The van der Waals surface area contributed by atoms with Gasteiger partial charge in [0.15, 0.2) is 0 Å². The monoisotopic (exact) mass is 235 g/mol. The van der Waals surface area contributed by atoms with Crippen molar-refractivity contribution in [2.75, 3.05) is 0 Å². The van der Waals surface area contributed by atoms with Gasteiger partial charge in [-0.3, -0.25) is 0 Å². The molecule has 0 radical (unpaired) electrons. The van der Waals surface area contributed by atoms with E-state index in [1.165, 1.54) is 0 Å². The second-order valence-corrected chi connectivity index (χ2v) is 3.70. The molecule has 80 valence electrons. The molecule has 0 bridgehead atoms. The molecule has 0 aromatic heterocycles. The Labute approximate surface area is 95.5 Å². The van der Waals surface area contributed by atoms with Gasteiger partial charge in [0.05, 0.1) is 12.1 Å². The van der Waals surface area contributed by atoms with Gasteiger partial charge in [-0.2, -0.15) is 0 Å². The average Bonchev–Trinajstić information content (AvgIpc) is 2.03. The van der Waals surface area contributed by atoms with Gasteiger partial charge >= 0.3 is 0 Å². The largest absolute Gasteiger partial charge is 0.391 e. The van der Waals surface area contributed by atoms with E-state index in [1.807, 2.05) is 19.1 Å². The molecule has 0 unspecified atom stereocenters. The molecule has 0 heterocycles. The molecule has 0 amide bonds. The van der Waals surface area contributed by atoms with Crippen molar-refractivity contribution in [2.24, 2.45) is 5.73 Å². The molecule has 0 fully saturated rings. The van der Waals surface area contributed by atoms with Crippen LogP contribution in [0.1, 0.15) is 24.1 Å². The van der Waals surface area contributed by atoms with E-state index in [2.05, 4.69) is 0 Å². The summed E-state index contributed by atoms with van der Waals surface area (Å²) >= 11 is 5.80. The molecular weight excluding hydrogens is 221 g/mol. The van der Waals surface area contributed by atoms with Crippen LogP contribution in [0.15, 0.2) is 18.2 Å². The number of hydrogen-bond acceptors (Lipinski definition) is 2. The maximum atomic E-state index is 9.31. The Balaban J connectivity index is 0.00000169. The Bertz CT molecular complexity index is 302. The number of aliphatic hydroxyl groups excluding tert-OH is 1. The van der Waals surface area contributed by atoms with Gasteiger partial charge in [0.1, 0.15) is 0 Å². The molecule has 1 aromatic rings. The number of rotatable bonds is 2. The van der Waals surface area contributed by atoms with Gasteiger partial charge in [0.2, 0.25) is 0 Å². The van der Waals surface area contributed by atoms with Crippen LogP contribution < -0.4 is 5.73 Å². The molecule has 0 aliphatic carbocycles. The lowest BCUT2D eigenvalue weighted by Gasteiger charge is -2.17. The molecule has 2 nitrogen and oxygen atoms in total.